The molecule has 0 spiro atoms. The van der Waals surface area contributed by atoms with Gasteiger partial charge in [0, 0.05) is 50.3 Å². The number of fused-ring (bicyclic) bond motifs is 1. The number of rotatable bonds is 6. The molecule has 1 unspecified atom stereocenters. The summed E-state index contributed by atoms with van der Waals surface area (Å²) in [6, 6.07) is 9.17. The fraction of sp³-hybridized carbons (Fsp3) is 0.483. The lowest BCUT2D eigenvalue weighted by Gasteiger charge is -2.42. The molecule has 0 saturated carbocycles. The monoisotopic (exact) mass is 574 g/mol. The summed E-state index contributed by atoms with van der Waals surface area (Å²) < 4.78 is 20.2. The number of hydrogen-bond donors (Lipinski definition) is 5. The minimum absolute atomic E-state index is 0.0380. The first-order valence-corrected chi connectivity index (χ1v) is 13.9. The van der Waals surface area contributed by atoms with Crippen molar-refractivity contribution >= 4 is 23.4 Å². The Labute approximate surface area is 238 Å². The summed E-state index contributed by atoms with van der Waals surface area (Å²) in [5.74, 6) is -6.41. The van der Waals surface area contributed by atoms with E-state index in [4.69, 9.17) is 4.74 Å². The predicted octanol–water partition coefficient (Wildman–Crippen LogP) is 2.00. The average Bonchev–Trinajstić information content (AvgIpc) is 3.19. The first kappa shape index (κ1) is 32.1. The zero-order valence-corrected chi connectivity index (χ0v) is 23.9. The van der Waals surface area contributed by atoms with Crippen molar-refractivity contribution in [1.29, 1.82) is 0 Å². The number of morpholine rings is 1. The molecular weight excluding hydrogens is 535 g/mol. The van der Waals surface area contributed by atoms with Gasteiger partial charge in [-0.25, -0.2) is 9.29 Å². The first-order valence-electron chi connectivity index (χ1n) is 13.9. The van der Waals surface area contributed by atoms with Crippen LogP contribution in [0.25, 0.3) is 0 Å². The maximum atomic E-state index is 14.9. The van der Waals surface area contributed by atoms with Crippen LogP contribution in [0, 0.1) is 5.82 Å². The molecule has 41 heavy (non-hydrogen) atoms. The Morgan fingerprint density at radius 1 is 1.02 bits per heavy atom. The Bertz CT molecular complexity index is 1270. The number of nitrogens with zero attached hydrogens (tertiary/aromatic N) is 2. The summed E-state index contributed by atoms with van der Waals surface area (Å²) in [6.45, 7) is 11.4. The normalized spacial score (nSPS) is 21.7. The highest BCUT2D eigenvalue weighted by atomic mass is 19.1. The third-order valence-electron chi connectivity index (χ3n) is 6.93. The number of benzene rings is 2. The number of nitrogens with one attached hydrogen (secondary N) is 2. The molecule has 11 nitrogen and oxygen atoms in total. The van der Waals surface area contributed by atoms with Crippen molar-refractivity contribution in [3.63, 3.8) is 0 Å². The Hall–Kier alpha value is -3.42. The number of halogens is 1. The molecule has 0 aliphatic carbocycles. The molecule has 3 aliphatic rings. The predicted molar refractivity (Wildman–Crippen MR) is 149 cm³/mol. The van der Waals surface area contributed by atoms with E-state index in [9.17, 15) is 34.1 Å². The zero-order valence-electron chi connectivity index (χ0n) is 23.9. The van der Waals surface area contributed by atoms with Crippen LogP contribution in [0.4, 0.5) is 10.1 Å². The van der Waals surface area contributed by atoms with Gasteiger partial charge in [-0.15, -0.1) is 0 Å². The maximum Gasteiger partial charge on any atom is 0.283 e. The van der Waals surface area contributed by atoms with Gasteiger partial charge in [-0.05, 0) is 23.8 Å². The van der Waals surface area contributed by atoms with Crippen molar-refractivity contribution in [1.82, 2.24) is 15.1 Å². The smallest absolute Gasteiger partial charge is 0.283 e. The topological polar surface area (TPSA) is 152 Å². The summed E-state index contributed by atoms with van der Waals surface area (Å²) >= 11 is 0. The summed E-state index contributed by atoms with van der Waals surface area (Å²) in [6.07, 6.45) is -0.810. The SMILES string of the molecule is CC.CC.O=C1CCC(O)(N2C(=O)c3cccc(NCc4ccc(CN5CCOCC5)cc4F)c3C2(O)O)C(=O)N1. The molecule has 0 aromatic heterocycles. The molecule has 0 radical (unpaired) electrons. The van der Waals surface area contributed by atoms with Crippen LogP contribution < -0.4 is 10.6 Å². The van der Waals surface area contributed by atoms with Gasteiger partial charge in [0.25, 0.3) is 17.7 Å². The summed E-state index contributed by atoms with van der Waals surface area (Å²) in [7, 11) is 0. The molecule has 2 aromatic rings. The van der Waals surface area contributed by atoms with Crippen LogP contribution in [0.15, 0.2) is 36.4 Å². The van der Waals surface area contributed by atoms with Crippen LogP contribution in [0.2, 0.25) is 0 Å². The standard InChI is InChI=1S/C25H27FN4O7.2C2H6/c26-18-12-15(14-29-8-10-37-11-9-29)4-5-16(18)13-27-19-3-1-2-17-21(19)25(35,36)30(22(17)32)24(34)7-6-20(31)28-23(24)33;2*1-2/h1-5,12,27,34-36H,6-11,13-14H2,(H,28,31,33);2*1-2H3. The second kappa shape index (κ2) is 13.5. The molecule has 2 saturated heterocycles. The van der Waals surface area contributed by atoms with Crippen LogP contribution in [-0.4, -0.2) is 74.9 Å². The van der Waals surface area contributed by atoms with Gasteiger partial charge in [-0.3, -0.25) is 24.6 Å². The highest BCUT2D eigenvalue weighted by molar-refractivity contribution is 6.08. The molecule has 224 valence electrons. The van der Waals surface area contributed by atoms with Gasteiger partial charge in [-0.2, -0.15) is 0 Å². The van der Waals surface area contributed by atoms with Gasteiger partial charge < -0.3 is 25.4 Å². The second-order valence-corrected chi connectivity index (χ2v) is 9.37. The van der Waals surface area contributed by atoms with Crippen LogP contribution in [0.5, 0.6) is 0 Å². The molecule has 1 atom stereocenters. The van der Waals surface area contributed by atoms with Crippen LogP contribution in [0.1, 0.15) is 67.6 Å². The molecule has 12 heteroatoms. The van der Waals surface area contributed by atoms with E-state index < -0.39 is 41.6 Å². The van der Waals surface area contributed by atoms with E-state index in [1.165, 1.54) is 24.3 Å². The number of piperidine rings is 1. The molecule has 5 N–H and O–H groups in total. The van der Waals surface area contributed by atoms with Crippen molar-refractivity contribution in [2.45, 2.75) is 65.3 Å². The van der Waals surface area contributed by atoms with E-state index in [0.29, 0.717) is 25.3 Å². The fourth-order valence-electron chi connectivity index (χ4n) is 4.98. The van der Waals surface area contributed by atoms with Crippen molar-refractivity contribution in [3.8, 4) is 0 Å². The highest BCUT2D eigenvalue weighted by Crippen LogP contribution is 2.45. The van der Waals surface area contributed by atoms with Crippen molar-refractivity contribution in [3.05, 3.63) is 64.5 Å². The molecular formula is C29H39FN4O7. The van der Waals surface area contributed by atoms with Crippen molar-refractivity contribution in [2.24, 2.45) is 0 Å². The average molecular weight is 575 g/mol. The fourth-order valence-corrected chi connectivity index (χ4v) is 4.98. The van der Waals surface area contributed by atoms with Gasteiger partial charge >= 0.3 is 0 Å². The number of carbonyl (C=O) groups excluding carboxylic acids is 3. The van der Waals surface area contributed by atoms with Crippen LogP contribution in [0.3, 0.4) is 0 Å². The number of amides is 3. The Morgan fingerprint density at radius 2 is 1.71 bits per heavy atom. The third kappa shape index (κ3) is 6.41. The lowest BCUT2D eigenvalue weighted by molar-refractivity contribution is -0.302. The number of ether oxygens (including phenoxy) is 1. The van der Waals surface area contributed by atoms with E-state index in [1.807, 2.05) is 39.1 Å². The van der Waals surface area contributed by atoms with E-state index in [-0.39, 0.29) is 34.7 Å². The number of anilines is 1. The zero-order chi connectivity index (χ0) is 30.4. The summed E-state index contributed by atoms with van der Waals surface area (Å²) in [5.41, 5.74) is -1.88. The molecule has 3 heterocycles. The van der Waals surface area contributed by atoms with Crippen molar-refractivity contribution < 1.29 is 38.8 Å². The molecule has 2 fully saturated rings. The van der Waals surface area contributed by atoms with E-state index in [0.717, 1.165) is 18.7 Å². The minimum Gasteiger partial charge on any atom is -0.380 e. The first-order chi connectivity index (χ1) is 19.6. The van der Waals surface area contributed by atoms with Crippen molar-refractivity contribution in [2.75, 3.05) is 31.6 Å². The molecule has 0 bridgehead atoms. The number of imide groups is 1. The minimum atomic E-state index is -3.08. The number of hydrogen-bond acceptors (Lipinski definition) is 9. The Kier molecular flexibility index (Phi) is 10.6. The highest BCUT2D eigenvalue weighted by Gasteiger charge is 2.61. The van der Waals surface area contributed by atoms with Gasteiger partial charge in [0.15, 0.2) is 0 Å². The van der Waals surface area contributed by atoms with E-state index in [1.54, 1.807) is 6.07 Å². The van der Waals surface area contributed by atoms with Gasteiger partial charge in [0.2, 0.25) is 11.6 Å². The lowest BCUT2D eigenvalue weighted by atomic mass is 9.99. The van der Waals surface area contributed by atoms with E-state index >= 15 is 0 Å². The van der Waals surface area contributed by atoms with Crippen LogP contribution in [-0.2, 0) is 33.3 Å². The van der Waals surface area contributed by atoms with Gasteiger partial charge in [0.05, 0.1) is 24.3 Å². The lowest BCUT2D eigenvalue weighted by Crippen LogP contribution is -2.67. The largest absolute Gasteiger partial charge is 0.380 e. The summed E-state index contributed by atoms with van der Waals surface area (Å²) in [4.78, 5) is 39.5. The molecule has 2 aromatic carbocycles. The Morgan fingerprint density at radius 3 is 2.34 bits per heavy atom. The summed E-state index contributed by atoms with van der Waals surface area (Å²) in [5, 5.41) is 37.8. The van der Waals surface area contributed by atoms with Crippen LogP contribution >= 0.6 is 0 Å². The maximum absolute atomic E-state index is 14.9. The van der Waals surface area contributed by atoms with Gasteiger partial charge in [-0.1, -0.05) is 45.9 Å². The number of carbonyl (C=O) groups is 3. The van der Waals surface area contributed by atoms with Gasteiger partial charge in [0.1, 0.15) is 5.82 Å². The third-order valence-corrected chi connectivity index (χ3v) is 6.93. The Balaban J connectivity index is 0.00000111. The number of aliphatic hydroxyl groups is 3. The van der Waals surface area contributed by atoms with E-state index in [2.05, 4.69) is 10.2 Å². The molecule has 3 amide bonds. The molecule has 5 rings (SSSR count). The second-order valence-electron chi connectivity index (χ2n) is 9.37. The molecule has 3 aliphatic heterocycles. The quantitative estimate of drug-likeness (QED) is 0.258.